The van der Waals surface area contributed by atoms with E-state index in [2.05, 4.69) is 10.3 Å². The third-order valence-corrected chi connectivity index (χ3v) is 3.75. The first-order valence-electron chi connectivity index (χ1n) is 6.44. The van der Waals surface area contributed by atoms with Crippen molar-refractivity contribution in [1.29, 1.82) is 0 Å². The molecule has 110 valence electrons. The van der Waals surface area contributed by atoms with Gasteiger partial charge in [0.15, 0.2) is 10.8 Å². The van der Waals surface area contributed by atoms with Crippen molar-refractivity contribution in [2.75, 3.05) is 5.32 Å². The maximum atomic E-state index is 13.3. The second-order valence-corrected chi connectivity index (χ2v) is 5.42. The lowest BCUT2D eigenvalue weighted by atomic mass is 10.1. The number of aromatic nitrogens is 1. The molecule has 6 heteroatoms. The highest BCUT2D eigenvalue weighted by atomic mass is 32.1. The van der Waals surface area contributed by atoms with Crippen LogP contribution in [0, 0.1) is 5.82 Å². The van der Waals surface area contributed by atoms with Crippen molar-refractivity contribution in [2.45, 2.75) is 0 Å². The van der Waals surface area contributed by atoms with Crippen LogP contribution in [0.1, 0.15) is 10.5 Å². The summed E-state index contributed by atoms with van der Waals surface area (Å²) in [5, 5.41) is 13.9. The van der Waals surface area contributed by atoms with Crippen LogP contribution in [0.4, 0.5) is 15.2 Å². The first-order chi connectivity index (χ1) is 10.6. The number of aromatic carboxylic acids is 1. The Morgan fingerprint density at radius 3 is 2.55 bits per heavy atom. The number of halogens is 1. The minimum absolute atomic E-state index is 0.00813. The van der Waals surface area contributed by atoms with E-state index in [1.807, 2.05) is 30.3 Å². The summed E-state index contributed by atoms with van der Waals surface area (Å²) in [4.78, 5) is 14.8. The van der Waals surface area contributed by atoms with Crippen LogP contribution >= 0.6 is 11.3 Å². The van der Waals surface area contributed by atoms with Crippen molar-refractivity contribution in [1.82, 2.24) is 4.98 Å². The van der Waals surface area contributed by atoms with E-state index in [0.717, 1.165) is 16.8 Å². The van der Waals surface area contributed by atoms with Gasteiger partial charge in [0.1, 0.15) is 5.82 Å². The van der Waals surface area contributed by atoms with E-state index in [0.29, 0.717) is 5.13 Å². The van der Waals surface area contributed by atoms with Crippen LogP contribution in [-0.4, -0.2) is 16.1 Å². The first kappa shape index (κ1) is 14.2. The van der Waals surface area contributed by atoms with E-state index in [4.69, 9.17) is 5.11 Å². The fraction of sp³-hybridized carbons (Fsp3) is 0. The lowest BCUT2D eigenvalue weighted by Gasteiger charge is -2.06. The quantitative estimate of drug-likeness (QED) is 0.749. The number of carboxylic acid groups (broad SMARTS) is 1. The van der Waals surface area contributed by atoms with Gasteiger partial charge in [-0.2, -0.15) is 0 Å². The third kappa shape index (κ3) is 3.12. The molecule has 2 aromatic carbocycles. The van der Waals surface area contributed by atoms with Crippen molar-refractivity contribution in [3.05, 3.63) is 65.4 Å². The minimum atomic E-state index is -1.06. The standard InChI is InChI=1S/C16H11FN2O2S/c17-12-5-1-3-10(7-12)11-4-2-6-13(8-11)18-16-19-14(9-22-16)15(20)21/h1-9H,(H,18,19)(H,20,21). The zero-order valence-corrected chi connectivity index (χ0v) is 12.1. The van der Waals surface area contributed by atoms with Crippen molar-refractivity contribution in [3.63, 3.8) is 0 Å². The molecule has 0 radical (unpaired) electrons. The van der Waals surface area contributed by atoms with Gasteiger partial charge in [0.05, 0.1) is 0 Å². The SMILES string of the molecule is O=C(O)c1csc(Nc2cccc(-c3cccc(F)c3)c2)n1. The zero-order valence-electron chi connectivity index (χ0n) is 11.3. The number of carboxylic acids is 1. The molecule has 0 bridgehead atoms. The molecule has 1 heterocycles. The second kappa shape index (κ2) is 5.95. The Bertz CT molecular complexity index is 832. The summed E-state index contributed by atoms with van der Waals surface area (Å²) in [6, 6.07) is 13.8. The molecule has 22 heavy (non-hydrogen) atoms. The highest BCUT2D eigenvalue weighted by molar-refractivity contribution is 7.14. The van der Waals surface area contributed by atoms with E-state index >= 15 is 0 Å². The molecule has 1 aromatic heterocycles. The highest BCUT2D eigenvalue weighted by Gasteiger charge is 2.09. The van der Waals surface area contributed by atoms with Gasteiger partial charge in [-0.3, -0.25) is 0 Å². The molecular weight excluding hydrogens is 303 g/mol. The van der Waals surface area contributed by atoms with Gasteiger partial charge in [-0.25, -0.2) is 14.2 Å². The van der Waals surface area contributed by atoms with Crippen LogP contribution in [0.15, 0.2) is 53.9 Å². The highest BCUT2D eigenvalue weighted by Crippen LogP contribution is 2.26. The molecule has 2 N–H and O–H groups in total. The second-order valence-electron chi connectivity index (χ2n) is 4.56. The van der Waals surface area contributed by atoms with E-state index in [1.165, 1.54) is 28.8 Å². The number of nitrogens with zero attached hydrogens (tertiary/aromatic N) is 1. The fourth-order valence-corrected chi connectivity index (χ4v) is 2.70. The summed E-state index contributed by atoms with van der Waals surface area (Å²) in [5.74, 6) is -1.35. The summed E-state index contributed by atoms with van der Waals surface area (Å²) in [7, 11) is 0. The topological polar surface area (TPSA) is 62.2 Å². The molecule has 0 aliphatic heterocycles. The zero-order chi connectivity index (χ0) is 15.5. The van der Waals surface area contributed by atoms with Gasteiger partial charge < -0.3 is 10.4 Å². The summed E-state index contributed by atoms with van der Waals surface area (Å²) in [6.07, 6.45) is 0. The Balaban J connectivity index is 1.86. The van der Waals surface area contributed by atoms with Gasteiger partial charge in [-0.15, -0.1) is 11.3 Å². The number of rotatable bonds is 4. The number of hydrogen-bond donors (Lipinski definition) is 2. The maximum absolute atomic E-state index is 13.3. The fourth-order valence-electron chi connectivity index (χ4n) is 2.00. The van der Waals surface area contributed by atoms with Gasteiger partial charge in [-0.1, -0.05) is 24.3 Å². The molecule has 0 atom stereocenters. The minimum Gasteiger partial charge on any atom is -0.476 e. The van der Waals surface area contributed by atoms with Crippen LogP contribution in [0.5, 0.6) is 0 Å². The van der Waals surface area contributed by atoms with E-state index in [1.54, 1.807) is 6.07 Å². The number of carbonyl (C=O) groups is 1. The van der Waals surface area contributed by atoms with Crippen molar-refractivity contribution < 1.29 is 14.3 Å². The largest absolute Gasteiger partial charge is 0.476 e. The number of benzene rings is 2. The van der Waals surface area contributed by atoms with Crippen molar-refractivity contribution >= 4 is 28.1 Å². The number of anilines is 2. The molecule has 0 fully saturated rings. The monoisotopic (exact) mass is 314 g/mol. The molecule has 0 saturated carbocycles. The molecule has 4 nitrogen and oxygen atoms in total. The molecule has 0 saturated heterocycles. The number of hydrogen-bond acceptors (Lipinski definition) is 4. The predicted octanol–water partition coefficient (Wildman–Crippen LogP) is 4.39. The van der Waals surface area contributed by atoms with Gasteiger partial charge in [-0.05, 0) is 35.4 Å². The normalized spacial score (nSPS) is 10.4. The van der Waals surface area contributed by atoms with Crippen LogP contribution in [0.3, 0.4) is 0 Å². The Labute approximate surface area is 129 Å². The van der Waals surface area contributed by atoms with Gasteiger partial charge in [0.25, 0.3) is 0 Å². The number of nitrogens with one attached hydrogen (secondary N) is 1. The number of thiazole rings is 1. The van der Waals surface area contributed by atoms with E-state index in [-0.39, 0.29) is 11.5 Å². The van der Waals surface area contributed by atoms with Crippen LogP contribution < -0.4 is 5.32 Å². The molecule has 3 aromatic rings. The van der Waals surface area contributed by atoms with Gasteiger partial charge in [0.2, 0.25) is 0 Å². The van der Waals surface area contributed by atoms with Crippen molar-refractivity contribution in [3.8, 4) is 11.1 Å². The average Bonchev–Trinajstić information content (AvgIpc) is 2.96. The molecule has 0 aliphatic carbocycles. The summed E-state index contributed by atoms with van der Waals surface area (Å²) < 4.78 is 13.3. The van der Waals surface area contributed by atoms with Crippen LogP contribution in [0.2, 0.25) is 0 Å². The van der Waals surface area contributed by atoms with Gasteiger partial charge in [0, 0.05) is 11.1 Å². The lowest BCUT2D eigenvalue weighted by molar-refractivity contribution is 0.0691. The Hall–Kier alpha value is -2.73. The lowest BCUT2D eigenvalue weighted by Crippen LogP contribution is -1.97. The molecule has 3 rings (SSSR count). The summed E-state index contributed by atoms with van der Waals surface area (Å²) in [6.45, 7) is 0. The molecular formula is C16H11FN2O2S. The predicted molar refractivity (Wildman–Crippen MR) is 84.2 cm³/mol. The van der Waals surface area contributed by atoms with E-state index in [9.17, 15) is 9.18 Å². The van der Waals surface area contributed by atoms with Crippen LogP contribution in [0.25, 0.3) is 11.1 Å². The molecule has 0 amide bonds. The Kier molecular flexibility index (Phi) is 3.84. The summed E-state index contributed by atoms with van der Waals surface area (Å²) >= 11 is 1.21. The smallest absolute Gasteiger partial charge is 0.355 e. The average molecular weight is 314 g/mol. The Morgan fingerprint density at radius 1 is 1.14 bits per heavy atom. The maximum Gasteiger partial charge on any atom is 0.355 e. The third-order valence-electron chi connectivity index (χ3n) is 3.00. The Morgan fingerprint density at radius 2 is 1.86 bits per heavy atom. The van der Waals surface area contributed by atoms with Crippen molar-refractivity contribution in [2.24, 2.45) is 0 Å². The van der Waals surface area contributed by atoms with E-state index < -0.39 is 5.97 Å². The molecule has 0 spiro atoms. The molecule has 0 aliphatic rings. The van der Waals surface area contributed by atoms with Crippen LogP contribution in [-0.2, 0) is 0 Å². The molecule has 0 unspecified atom stereocenters. The van der Waals surface area contributed by atoms with Gasteiger partial charge >= 0.3 is 5.97 Å². The first-order valence-corrected chi connectivity index (χ1v) is 7.31. The summed E-state index contributed by atoms with van der Waals surface area (Å²) in [5.41, 5.74) is 2.40.